The molecule has 1 rings (SSSR count). The highest BCUT2D eigenvalue weighted by Crippen LogP contribution is 2.29. The van der Waals surface area contributed by atoms with Gasteiger partial charge in [0.1, 0.15) is 11.8 Å². The molecule has 0 saturated carbocycles. The summed E-state index contributed by atoms with van der Waals surface area (Å²) in [5.74, 6) is -0.792. The Balaban J connectivity index is 3.52. The number of nitrogens with zero attached hydrogens (tertiary/aromatic N) is 2. The number of carbonyl (C=O) groups is 1. The van der Waals surface area contributed by atoms with Gasteiger partial charge in [-0.05, 0) is 6.07 Å². The summed E-state index contributed by atoms with van der Waals surface area (Å²) in [5, 5.41) is 19.6. The summed E-state index contributed by atoms with van der Waals surface area (Å²) in [6.07, 6.45) is 0. The van der Waals surface area contributed by atoms with E-state index in [0.29, 0.717) is 0 Å². The van der Waals surface area contributed by atoms with Crippen molar-refractivity contribution >= 4 is 23.1 Å². The van der Waals surface area contributed by atoms with Crippen molar-refractivity contribution in [1.82, 2.24) is 0 Å². The van der Waals surface area contributed by atoms with Gasteiger partial charge >= 0.3 is 0 Å². The molecule has 0 heterocycles. The summed E-state index contributed by atoms with van der Waals surface area (Å²) in [5.41, 5.74) is -0.647. The molecule has 0 bridgehead atoms. The third-order valence-electron chi connectivity index (χ3n) is 2.05. The molecule has 0 aliphatic rings. The molecule has 0 N–H and O–H groups in total. The van der Waals surface area contributed by atoms with Crippen molar-refractivity contribution in [2.75, 3.05) is 13.0 Å². The molecule has 0 spiro atoms. The number of methoxy groups -OCH3 is 1. The number of carbonyl (C=O) groups excluding carboxylic acids is 1. The number of Topliss-reactive ketones (excluding diaryl/α,β-unsaturated/α-hetero) is 1. The van der Waals surface area contributed by atoms with Gasteiger partial charge in [-0.25, -0.2) is 0 Å². The molecule has 0 unspecified atom stereocenters. The average molecular weight is 255 g/mol. The van der Waals surface area contributed by atoms with E-state index in [1.165, 1.54) is 13.2 Å². The SMILES string of the molecule is COc1cc(C(=O)CCl)cc([N+](=O)[O-])c1C#N. The number of ether oxygens (including phenoxy) is 1. The van der Waals surface area contributed by atoms with E-state index in [9.17, 15) is 14.9 Å². The molecule has 0 aliphatic heterocycles. The number of hydrogen-bond acceptors (Lipinski definition) is 5. The van der Waals surface area contributed by atoms with Crippen LogP contribution in [-0.4, -0.2) is 23.7 Å². The molecule has 0 aliphatic carbocycles. The van der Waals surface area contributed by atoms with Crippen LogP contribution in [0, 0.1) is 21.4 Å². The second-order valence-electron chi connectivity index (χ2n) is 3.00. The van der Waals surface area contributed by atoms with Gasteiger partial charge in [-0.3, -0.25) is 14.9 Å². The van der Waals surface area contributed by atoms with Gasteiger partial charge in [0, 0.05) is 11.6 Å². The fourth-order valence-electron chi connectivity index (χ4n) is 1.26. The van der Waals surface area contributed by atoms with Gasteiger partial charge in [0.2, 0.25) is 0 Å². The Bertz CT molecular complexity index is 522. The standard InChI is InChI=1S/C10H7ClN2O4/c1-17-10-3-6(9(14)4-11)2-8(13(15)16)7(10)5-12/h2-3H,4H2,1H3. The largest absolute Gasteiger partial charge is 0.495 e. The van der Waals surface area contributed by atoms with Crippen LogP contribution < -0.4 is 4.74 Å². The van der Waals surface area contributed by atoms with E-state index < -0.39 is 16.4 Å². The maximum Gasteiger partial charge on any atom is 0.291 e. The Kier molecular flexibility index (Phi) is 4.01. The second-order valence-corrected chi connectivity index (χ2v) is 3.27. The van der Waals surface area contributed by atoms with Crippen LogP contribution in [0.2, 0.25) is 0 Å². The minimum Gasteiger partial charge on any atom is -0.495 e. The summed E-state index contributed by atoms with van der Waals surface area (Å²) >= 11 is 5.36. The predicted molar refractivity (Wildman–Crippen MR) is 59.4 cm³/mol. The number of halogens is 1. The number of hydrogen-bond donors (Lipinski definition) is 0. The predicted octanol–water partition coefficient (Wildman–Crippen LogP) is 1.90. The Labute approximate surface area is 102 Å². The maximum absolute atomic E-state index is 11.4. The Morgan fingerprint density at radius 2 is 2.29 bits per heavy atom. The fraction of sp³-hybridized carbons (Fsp3) is 0.200. The molecule has 0 amide bonds. The summed E-state index contributed by atoms with van der Waals surface area (Å²) in [6, 6.07) is 3.95. The van der Waals surface area contributed by atoms with Crippen LogP contribution in [0.4, 0.5) is 5.69 Å². The van der Waals surface area contributed by atoms with E-state index in [4.69, 9.17) is 21.6 Å². The van der Waals surface area contributed by atoms with Gasteiger partial charge in [-0.1, -0.05) is 0 Å². The zero-order chi connectivity index (χ0) is 13.0. The minimum atomic E-state index is -0.744. The normalized spacial score (nSPS) is 9.47. The van der Waals surface area contributed by atoms with E-state index in [1.807, 2.05) is 0 Å². The van der Waals surface area contributed by atoms with Gasteiger partial charge in [0.25, 0.3) is 5.69 Å². The molecule has 1 aromatic rings. The van der Waals surface area contributed by atoms with Crippen LogP contribution in [0.25, 0.3) is 0 Å². The lowest BCUT2D eigenvalue weighted by Gasteiger charge is -2.05. The Morgan fingerprint density at radius 1 is 1.65 bits per heavy atom. The molecule has 0 fully saturated rings. The summed E-state index contributed by atoms with van der Waals surface area (Å²) in [6.45, 7) is 0. The Hall–Kier alpha value is -2.13. The van der Waals surface area contributed by atoms with E-state index in [2.05, 4.69) is 0 Å². The number of rotatable bonds is 4. The summed E-state index contributed by atoms with van der Waals surface area (Å²) in [4.78, 5) is 21.4. The molecule has 17 heavy (non-hydrogen) atoms. The first-order chi connectivity index (χ1) is 8.04. The Morgan fingerprint density at radius 3 is 2.71 bits per heavy atom. The second kappa shape index (κ2) is 5.27. The van der Waals surface area contributed by atoms with Gasteiger partial charge < -0.3 is 4.74 Å². The third kappa shape index (κ3) is 2.52. The van der Waals surface area contributed by atoms with Crippen LogP contribution >= 0.6 is 11.6 Å². The molecule has 0 saturated heterocycles. The highest BCUT2D eigenvalue weighted by atomic mass is 35.5. The number of benzene rings is 1. The van der Waals surface area contributed by atoms with Gasteiger partial charge in [0.05, 0.1) is 17.9 Å². The van der Waals surface area contributed by atoms with E-state index in [-0.39, 0.29) is 22.8 Å². The lowest BCUT2D eigenvalue weighted by molar-refractivity contribution is -0.385. The third-order valence-corrected chi connectivity index (χ3v) is 2.30. The van der Waals surface area contributed by atoms with Crippen LogP contribution in [-0.2, 0) is 0 Å². The van der Waals surface area contributed by atoms with Crippen molar-refractivity contribution in [2.24, 2.45) is 0 Å². The first kappa shape index (κ1) is 12.9. The highest BCUT2D eigenvalue weighted by Gasteiger charge is 2.22. The summed E-state index contributed by atoms with van der Waals surface area (Å²) < 4.78 is 4.84. The number of nitriles is 1. The summed E-state index contributed by atoms with van der Waals surface area (Å²) in [7, 11) is 1.26. The molecule has 1 aromatic carbocycles. The fourth-order valence-corrected chi connectivity index (χ4v) is 1.41. The quantitative estimate of drug-likeness (QED) is 0.354. The molecule has 0 aromatic heterocycles. The molecule has 88 valence electrons. The molecular formula is C10H7ClN2O4. The topological polar surface area (TPSA) is 93.2 Å². The highest BCUT2D eigenvalue weighted by molar-refractivity contribution is 6.30. The van der Waals surface area contributed by atoms with E-state index >= 15 is 0 Å². The first-order valence-corrected chi connectivity index (χ1v) is 4.94. The lowest BCUT2D eigenvalue weighted by atomic mass is 10.1. The van der Waals surface area contributed by atoms with Crippen molar-refractivity contribution in [3.63, 3.8) is 0 Å². The van der Waals surface area contributed by atoms with Crippen molar-refractivity contribution in [2.45, 2.75) is 0 Å². The zero-order valence-corrected chi connectivity index (χ0v) is 9.52. The molecular weight excluding hydrogens is 248 g/mol. The van der Waals surface area contributed by atoms with Crippen LogP contribution in [0.1, 0.15) is 15.9 Å². The smallest absolute Gasteiger partial charge is 0.291 e. The van der Waals surface area contributed by atoms with Crippen molar-refractivity contribution in [3.8, 4) is 11.8 Å². The molecule has 0 atom stereocenters. The van der Waals surface area contributed by atoms with Crippen molar-refractivity contribution in [3.05, 3.63) is 33.4 Å². The van der Waals surface area contributed by atoms with Crippen molar-refractivity contribution in [1.29, 1.82) is 5.26 Å². The van der Waals surface area contributed by atoms with Crippen molar-refractivity contribution < 1.29 is 14.5 Å². The minimum absolute atomic E-state index is 0.0184. The van der Waals surface area contributed by atoms with Gasteiger partial charge in [-0.2, -0.15) is 5.26 Å². The zero-order valence-electron chi connectivity index (χ0n) is 8.77. The van der Waals surface area contributed by atoms with Crippen LogP contribution in [0.5, 0.6) is 5.75 Å². The molecule has 7 heteroatoms. The molecule has 0 radical (unpaired) electrons. The van der Waals surface area contributed by atoms with E-state index in [1.54, 1.807) is 6.07 Å². The maximum atomic E-state index is 11.4. The van der Waals surface area contributed by atoms with Gasteiger partial charge in [0.15, 0.2) is 11.3 Å². The first-order valence-electron chi connectivity index (χ1n) is 4.40. The van der Waals surface area contributed by atoms with Crippen LogP contribution in [0.15, 0.2) is 12.1 Å². The van der Waals surface area contributed by atoms with Gasteiger partial charge in [-0.15, -0.1) is 11.6 Å². The lowest BCUT2D eigenvalue weighted by Crippen LogP contribution is -2.04. The average Bonchev–Trinajstić information content (AvgIpc) is 2.35. The molecule has 6 nitrogen and oxygen atoms in total. The number of nitro groups is 1. The monoisotopic (exact) mass is 254 g/mol. The van der Waals surface area contributed by atoms with E-state index in [0.717, 1.165) is 6.07 Å². The van der Waals surface area contributed by atoms with Crippen LogP contribution in [0.3, 0.4) is 0 Å². The number of nitro benzene ring substituents is 1. The number of alkyl halides is 1. The number of ketones is 1.